The molecular formula is C10H9O4S-. The summed E-state index contributed by atoms with van der Waals surface area (Å²) in [5.41, 5.74) is 0.929. The molecule has 1 aromatic rings. The molecule has 0 N–H and O–H groups in total. The first-order valence-electron chi connectivity index (χ1n) is 4.12. The van der Waals surface area contributed by atoms with Crippen LogP contribution in [0.5, 0.6) is 0 Å². The van der Waals surface area contributed by atoms with E-state index in [1.165, 1.54) is 12.1 Å². The summed E-state index contributed by atoms with van der Waals surface area (Å²) in [6.07, 6.45) is 0.495. The minimum absolute atomic E-state index is 0.0607. The highest BCUT2D eigenvalue weighted by atomic mass is 32.2. The van der Waals surface area contributed by atoms with Crippen molar-refractivity contribution in [2.24, 2.45) is 0 Å². The van der Waals surface area contributed by atoms with Crippen molar-refractivity contribution in [2.45, 2.75) is 11.8 Å². The van der Waals surface area contributed by atoms with E-state index in [1.54, 1.807) is 12.1 Å². The number of aliphatic carboxylic acids is 1. The zero-order valence-corrected chi connectivity index (χ0v) is 8.82. The third-order valence-corrected chi connectivity index (χ3v) is 3.16. The summed E-state index contributed by atoms with van der Waals surface area (Å²) in [4.78, 5) is 10.1. The highest BCUT2D eigenvalue weighted by Gasteiger charge is 2.08. The van der Waals surface area contributed by atoms with Gasteiger partial charge in [-0.05, 0) is 25.1 Å². The average molecular weight is 225 g/mol. The van der Waals surface area contributed by atoms with E-state index >= 15 is 0 Å². The summed E-state index contributed by atoms with van der Waals surface area (Å²) in [7, 11) is -3.67. The van der Waals surface area contributed by atoms with Crippen molar-refractivity contribution in [3.63, 3.8) is 0 Å². The van der Waals surface area contributed by atoms with Crippen molar-refractivity contribution in [1.29, 1.82) is 0 Å². The van der Waals surface area contributed by atoms with Crippen LogP contribution in [0.1, 0.15) is 5.56 Å². The fourth-order valence-electron chi connectivity index (χ4n) is 0.952. The Hall–Kier alpha value is -1.62. The Kier molecular flexibility index (Phi) is 3.26. The van der Waals surface area contributed by atoms with E-state index in [4.69, 9.17) is 0 Å². The standard InChI is InChI=1S/C10H10O4S/c1-8-2-4-9(5-3-8)15(13,14)7-6-10(11)12/h2-7H,1H3,(H,11,12)/p-1/b7-6-. The smallest absolute Gasteiger partial charge is 0.199 e. The van der Waals surface area contributed by atoms with Crippen LogP contribution in [0.2, 0.25) is 0 Å². The Morgan fingerprint density at radius 1 is 1.27 bits per heavy atom. The number of sulfone groups is 1. The van der Waals surface area contributed by atoms with Crippen molar-refractivity contribution < 1.29 is 18.3 Å². The molecule has 0 aliphatic carbocycles. The van der Waals surface area contributed by atoms with Gasteiger partial charge in [-0.15, -0.1) is 0 Å². The molecule has 0 bridgehead atoms. The van der Waals surface area contributed by atoms with Gasteiger partial charge in [0, 0.05) is 5.41 Å². The molecular weight excluding hydrogens is 216 g/mol. The summed E-state index contributed by atoms with van der Waals surface area (Å²) < 4.78 is 22.9. The highest BCUT2D eigenvalue weighted by Crippen LogP contribution is 2.12. The topological polar surface area (TPSA) is 74.3 Å². The predicted octanol–water partition coefficient (Wildman–Crippen LogP) is 0.0323. The van der Waals surface area contributed by atoms with E-state index < -0.39 is 15.8 Å². The van der Waals surface area contributed by atoms with E-state index in [0.29, 0.717) is 11.5 Å². The number of carboxylic acids is 1. The molecule has 0 heterocycles. The van der Waals surface area contributed by atoms with E-state index in [2.05, 4.69) is 0 Å². The molecule has 4 nitrogen and oxygen atoms in total. The van der Waals surface area contributed by atoms with Gasteiger partial charge in [0.25, 0.3) is 0 Å². The Labute approximate surface area is 87.8 Å². The van der Waals surface area contributed by atoms with Gasteiger partial charge in [-0.25, -0.2) is 8.42 Å². The zero-order chi connectivity index (χ0) is 11.5. The third kappa shape index (κ3) is 3.21. The van der Waals surface area contributed by atoms with Crippen LogP contribution in [0.4, 0.5) is 0 Å². The fraction of sp³-hybridized carbons (Fsp3) is 0.100. The molecule has 15 heavy (non-hydrogen) atoms. The van der Waals surface area contributed by atoms with Crippen LogP contribution < -0.4 is 5.11 Å². The first-order chi connectivity index (χ1) is 6.92. The zero-order valence-electron chi connectivity index (χ0n) is 8.01. The number of carbonyl (C=O) groups excluding carboxylic acids is 1. The number of rotatable bonds is 3. The SMILES string of the molecule is Cc1ccc(S(=O)(=O)/C=C\C(=O)[O-])cc1. The maximum Gasteiger partial charge on any atom is 0.199 e. The first kappa shape index (κ1) is 11.5. The molecule has 0 aliphatic heterocycles. The van der Waals surface area contributed by atoms with Crippen LogP contribution in [0.15, 0.2) is 40.6 Å². The van der Waals surface area contributed by atoms with Gasteiger partial charge >= 0.3 is 0 Å². The normalized spacial score (nSPS) is 11.8. The Morgan fingerprint density at radius 2 is 1.80 bits per heavy atom. The van der Waals surface area contributed by atoms with Crippen molar-refractivity contribution in [3.05, 3.63) is 41.3 Å². The molecule has 1 aromatic carbocycles. The molecule has 0 aliphatic rings. The van der Waals surface area contributed by atoms with Crippen LogP contribution in [0, 0.1) is 6.92 Å². The molecule has 80 valence electrons. The van der Waals surface area contributed by atoms with Gasteiger partial charge in [0.05, 0.1) is 10.9 Å². The molecule has 1 rings (SSSR count). The highest BCUT2D eigenvalue weighted by molar-refractivity contribution is 7.94. The maximum absolute atomic E-state index is 11.5. The van der Waals surface area contributed by atoms with Gasteiger partial charge in [-0.2, -0.15) is 0 Å². The molecule has 0 amide bonds. The van der Waals surface area contributed by atoms with Crippen molar-refractivity contribution >= 4 is 15.8 Å². The number of hydrogen-bond acceptors (Lipinski definition) is 4. The lowest BCUT2D eigenvalue weighted by atomic mass is 10.2. The molecule has 5 heteroatoms. The van der Waals surface area contributed by atoms with E-state index in [0.717, 1.165) is 5.56 Å². The van der Waals surface area contributed by atoms with Crippen molar-refractivity contribution in [3.8, 4) is 0 Å². The van der Waals surface area contributed by atoms with Gasteiger partial charge in [0.1, 0.15) is 0 Å². The first-order valence-corrected chi connectivity index (χ1v) is 5.67. The minimum Gasteiger partial charge on any atom is -0.545 e. The fourth-order valence-corrected chi connectivity index (χ4v) is 1.91. The monoisotopic (exact) mass is 225 g/mol. The Bertz CT molecular complexity index is 483. The number of aryl methyl sites for hydroxylation is 1. The molecule has 0 saturated heterocycles. The minimum atomic E-state index is -3.67. The number of carbonyl (C=O) groups is 1. The number of carboxylic acid groups (broad SMARTS) is 1. The van der Waals surface area contributed by atoms with Crippen LogP contribution in [-0.2, 0) is 14.6 Å². The summed E-state index contributed by atoms with van der Waals surface area (Å²) in [5, 5.41) is 10.7. The van der Waals surface area contributed by atoms with Crippen molar-refractivity contribution in [2.75, 3.05) is 0 Å². The van der Waals surface area contributed by atoms with Crippen molar-refractivity contribution in [1.82, 2.24) is 0 Å². The van der Waals surface area contributed by atoms with Gasteiger partial charge in [-0.1, -0.05) is 17.7 Å². The van der Waals surface area contributed by atoms with Gasteiger partial charge in [-0.3, -0.25) is 0 Å². The van der Waals surface area contributed by atoms with Gasteiger partial charge in [0.2, 0.25) is 0 Å². The summed E-state index contributed by atoms with van der Waals surface area (Å²) in [5.74, 6) is -1.54. The van der Waals surface area contributed by atoms with E-state index in [9.17, 15) is 18.3 Å². The second-order valence-corrected chi connectivity index (χ2v) is 4.81. The van der Waals surface area contributed by atoms with Crippen LogP contribution in [0.25, 0.3) is 0 Å². The van der Waals surface area contributed by atoms with E-state index in [1.807, 2.05) is 6.92 Å². The molecule has 0 saturated carbocycles. The summed E-state index contributed by atoms with van der Waals surface area (Å²) in [6, 6.07) is 6.12. The summed E-state index contributed by atoms with van der Waals surface area (Å²) in [6.45, 7) is 1.83. The average Bonchev–Trinajstić information content (AvgIpc) is 2.16. The Morgan fingerprint density at radius 3 is 2.27 bits per heavy atom. The largest absolute Gasteiger partial charge is 0.545 e. The molecule has 0 spiro atoms. The third-order valence-electron chi connectivity index (χ3n) is 1.73. The predicted molar refractivity (Wildman–Crippen MR) is 52.5 cm³/mol. The quantitative estimate of drug-likeness (QED) is 0.680. The maximum atomic E-state index is 11.5. The second kappa shape index (κ2) is 4.27. The van der Waals surface area contributed by atoms with Crippen LogP contribution in [-0.4, -0.2) is 14.4 Å². The van der Waals surface area contributed by atoms with Crippen LogP contribution in [0.3, 0.4) is 0 Å². The lowest BCUT2D eigenvalue weighted by Crippen LogP contribution is -2.19. The number of benzene rings is 1. The second-order valence-electron chi connectivity index (χ2n) is 2.98. The van der Waals surface area contributed by atoms with Gasteiger partial charge in [0.15, 0.2) is 9.84 Å². The molecule has 0 radical (unpaired) electrons. The lowest BCUT2D eigenvalue weighted by molar-refractivity contribution is -0.297. The lowest BCUT2D eigenvalue weighted by Gasteiger charge is -1.99. The molecule has 0 unspecified atom stereocenters. The molecule has 0 atom stereocenters. The van der Waals surface area contributed by atoms with Crippen LogP contribution >= 0.6 is 0 Å². The Balaban J connectivity index is 3.07. The number of hydrogen-bond donors (Lipinski definition) is 0. The molecule has 0 aromatic heterocycles. The summed E-state index contributed by atoms with van der Waals surface area (Å²) >= 11 is 0. The van der Waals surface area contributed by atoms with Gasteiger partial charge < -0.3 is 9.90 Å². The molecule has 0 fully saturated rings. The van der Waals surface area contributed by atoms with E-state index in [-0.39, 0.29) is 4.90 Å².